The van der Waals surface area contributed by atoms with Crippen LogP contribution in [0.1, 0.15) is 50.7 Å². The predicted molar refractivity (Wildman–Crippen MR) is 97.6 cm³/mol. The van der Waals surface area contributed by atoms with Crippen molar-refractivity contribution in [1.29, 1.82) is 0 Å². The number of hydrogen-bond donors (Lipinski definition) is 1. The first kappa shape index (κ1) is 19.2. The lowest BCUT2D eigenvalue weighted by Gasteiger charge is -2.43. The van der Waals surface area contributed by atoms with Crippen LogP contribution in [0.5, 0.6) is 5.75 Å². The quantitative estimate of drug-likeness (QED) is 0.829. The molecule has 1 saturated heterocycles. The van der Waals surface area contributed by atoms with Gasteiger partial charge in [0.05, 0.1) is 12.7 Å². The number of benzene rings is 1. The van der Waals surface area contributed by atoms with Gasteiger partial charge in [0.15, 0.2) is 0 Å². The first-order valence-electron chi connectivity index (χ1n) is 9.00. The molecule has 1 fully saturated rings. The highest BCUT2D eigenvalue weighted by atomic mass is 16.5. The summed E-state index contributed by atoms with van der Waals surface area (Å²) in [4.78, 5) is 2.42. The van der Waals surface area contributed by atoms with Crippen LogP contribution in [0.3, 0.4) is 0 Å². The molecule has 0 bridgehead atoms. The lowest BCUT2D eigenvalue weighted by molar-refractivity contribution is -0.0827. The van der Waals surface area contributed by atoms with Crippen LogP contribution in [0.15, 0.2) is 18.2 Å². The molecule has 0 amide bonds. The van der Waals surface area contributed by atoms with Crippen molar-refractivity contribution in [3.8, 4) is 5.75 Å². The number of rotatable bonds is 7. The Kier molecular flexibility index (Phi) is 6.67. The third kappa shape index (κ3) is 4.50. The van der Waals surface area contributed by atoms with E-state index in [1.165, 1.54) is 11.1 Å². The lowest BCUT2D eigenvalue weighted by atomic mass is 9.79. The summed E-state index contributed by atoms with van der Waals surface area (Å²) >= 11 is 0. The first-order chi connectivity index (χ1) is 11.4. The lowest BCUT2D eigenvalue weighted by Crippen LogP contribution is -2.51. The zero-order chi connectivity index (χ0) is 17.7. The van der Waals surface area contributed by atoms with E-state index in [-0.39, 0.29) is 5.92 Å². The predicted octanol–water partition coefficient (Wildman–Crippen LogP) is 3.43. The van der Waals surface area contributed by atoms with Crippen LogP contribution in [-0.2, 0) is 11.3 Å². The second-order valence-electron chi connectivity index (χ2n) is 7.46. The van der Waals surface area contributed by atoms with Gasteiger partial charge in [-0.2, -0.15) is 0 Å². The fourth-order valence-corrected chi connectivity index (χ4v) is 3.56. The van der Waals surface area contributed by atoms with Crippen LogP contribution in [-0.4, -0.2) is 49.5 Å². The summed E-state index contributed by atoms with van der Waals surface area (Å²) in [5.74, 6) is 1.70. The highest BCUT2D eigenvalue weighted by Crippen LogP contribution is 2.33. The maximum absolute atomic E-state index is 10.8. The average molecular weight is 335 g/mol. The van der Waals surface area contributed by atoms with Crippen LogP contribution < -0.4 is 4.74 Å². The van der Waals surface area contributed by atoms with Gasteiger partial charge < -0.3 is 14.6 Å². The van der Waals surface area contributed by atoms with E-state index in [9.17, 15) is 5.11 Å². The second kappa shape index (κ2) is 8.32. The highest BCUT2D eigenvalue weighted by molar-refractivity contribution is 5.38. The Hall–Kier alpha value is -1.10. The van der Waals surface area contributed by atoms with Crippen molar-refractivity contribution < 1.29 is 14.6 Å². The van der Waals surface area contributed by atoms with Crippen molar-refractivity contribution in [2.75, 3.05) is 33.9 Å². The van der Waals surface area contributed by atoms with Gasteiger partial charge in [-0.25, -0.2) is 0 Å². The highest BCUT2D eigenvalue weighted by Gasteiger charge is 2.38. The summed E-state index contributed by atoms with van der Waals surface area (Å²) in [5, 5.41) is 10.8. The zero-order valence-electron chi connectivity index (χ0n) is 15.8. The van der Waals surface area contributed by atoms with Crippen LogP contribution in [0, 0.1) is 5.92 Å². The van der Waals surface area contributed by atoms with E-state index in [4.69, 9.17) is 9.47 Å². The number of likely N-dealkylation sites (tertiary alicyclic amines) is 1. The van der Waals surface area contributed by atoms with E-state index in [1.807, 2.05) is 0 Å². The monoisotopic (exact) mass is 335 g/mol. The normalized spacial score (nSPS) is 25.2. The molecule has 0 spiro atoms. The summed E-state index contributed by atoms with van der Waals surface area (Å²) < 4.78 is 10.7. The molecule has 4 nitrogen and oxygen atoms in total. The third-order valence-electron chi connectivity index (χ3n) is 5.41. The van der Waals surface area contributed by atoms with Crippen molar-refractivity contribution in [2.45, 2.75) is 51.7 Å². The molecule has 0 saturated carbocycles. The Morgan fingerprint density at radius 3 is 2.67 bits per heavy atom. The Labute approximate surface area is 146 Å². The molecule has 24 heavy (non-hydrogen) atoms. The molecule has 0 radical (unpaired) electrons. The van der Waals surface area contributed by atoms with Gasteiger partial charge in [0.25, 0.3) is 0 Å². The molecule has 1 N–H and O–H groups in total. The van der Waals surface area contributed by atoms with Crippen molar-refractivity contribution in [3.63, 3.8) is 0 Å². The molecule has 2 unspecified atom stereocenters. The van der Waals surface area contributed by atoms with Gasteiger partial charge in [-0.05, 0) is 36.3 Å². The van der Waals surface area contributed by atoms with Gasteiger partial charge in [-0.1, -0.05) is 32.9 Å². The molecule has 0 aromatic heterocycles. The number of methoxy groups -OCH3 is 2. The molecule has 4 heteroatoms. The summed E-state index contributed by atoms with van der Waals surface area (Å²) in [6.07, 6.45) is 1.51. The van der Waals surface area contributed by atoms with E-state index < -0.39 is 5.60 Å². The van der Waals surface area contributed by atoms with Gasteiger partial charge in [0, 0.05) is 38.9 Å². The Balaban J connectivity index is 2.06. The van der Waals surface area contributed by atoms with E-state index in [1.54, 1.807) is 14.2 Å². The molecule has 1 aliphatic rings. The molecule has 1 aliphatic heterocycles. The van der Waals surface area contributed by atoms with E-state index in [0.717, 1.165) is 31.8 Å². The SMILES string of the molecule is COCCC1(O)CCN(Cc2cc(C(C)C)ccc2OC)CC1C. The molecule has 2 atom stereocenters. The first-order valence-corrected chi connectivity index (χ1v) is 9.00. The Morgan fingerprint density at radius 2 is 2.08 bits per heavy atom. The van der Waals surface area contributed by atoms with Crippen molar-refractivity contribution in [1.82, 2.24) is 4.90 Å². The summed E-state index contributed by atoms with van der Waals surface area (Å²) in [7, 11) is 3.42. The molecule has 2 rings (SSSR count). The fraction of sp³-hybridized carbons (Fsp3) is 0.700. The fourth-order valence-electron chi connectivity index (χ4n) is 3.56. The van der Waals surface area contributed by atoms with Crippen molar-refractivity contribution >= 4 is 0 Å². The Morgan fingerprint density at radius 1 is 1.33 bits per heavy atom. The molecule has 1 aromatic carbocycles. The smallest absolute Gasteiger partial charge is 0.123 e. The van der Waals surface area contributed by atoms with Crippen LogP contribution >= 0.6 is 0 Å². The van der Waals surface area contributed by atoms with E-state index in [0.29, 0.717) is 18.9 Å². The third-order valence-corrected chi connectivity index (χ3v) is 5.41. The molecular formula is C20H33NO3. The van der Waals surface area contributed by atoms with Crippen molar-refractivity contribution in [2.24, 2.45) is 5.92 Å². The molecule has 136 valence electrons. The Bertz CT molecular complexity index is 532. The topological polar surface area (TPSA) is 41.9 Å². The molecular weight excluding hydrogens is 302 g/mol. The van der Waals surface area contributed by atoms with Crippen LogP contribution in [0.4, 0.5) is 0 Å². The molecule has 1 heterocycles. The number of piperidine rings is 1. The van der Waals surface area contributed by atoms with Crippen LogP contribution in [0.25, 0.3) is 0 Å². The van der Waals surface area contributed by atoms with Gasteiger partial charge >= 0.3 is 0 Å². The van der Waals surface area contributed by atoms with Crippen molar-refractivity contribution in [3.05, 3.63) is 29.3 Å². The van der Waals surface area contributed by atoms with Crippen LogP contribution in [0.2, 0.25) is 0 Å². The number of ether oxygens (including phenoxy) is 2. The molecule has 0 aliphatic carbocycles. The van der Waals surface area contributed by atoms with Gasteiger partial charge in [-0.15, -0.1) is 0 Å². The minimum absolute atomic E-state index is 0.237. The second-order valence-corrected chi connectivity index (χ2v) is 7.46. The minimum atomic E-state index is -0.601. The van der Waals surface area contributed by atoms with Gasteiger partial charge in [-0.3, -0.25) is 4.90 Å². The zero-order valence-corrected chi connectivity index (χ0v) is 15.8. The minimum Gasteiger partial charge on any atom is -0.496 e. The summed E-state index contributed by atoms with van der Waals surface area (Å²) in [6, 6.07) is 6.49. The number of aliphatic hydroxyl groups is 1. The largest absolute Gasteiger partial charge is 0.496 e. The maximum Gasteiger partial charge on any atom is 0.123 e. The maximum atomic E-state index is 10.8. The summed E-state index contributed by atoms with van der Waals surface area (Å²) in [5.41, 5.74) is 1.97. The standard InChI is InChI=1S/C20H33NO3/c1-15(2)17-6-7-19(24-5)18(12-17)14-21-10-8-20(22,9-11-23-4)16(3)13-21/h6-7,12,15-16,22H,8-11,13-14H2,1-5H3. The number of hydrogen-bond acceptors (Lipinski definition) is 4. The summed E-state index contributed by atoms with van der Waals surface area (Å²) in [6.45, 7) is 9.85. The number of nitrogens with zero attached hydrogens (tertiary/aromatic N) is 1. The molecule has 1 aromatic rings. The van der Waals surface area contributed by atoms with E-state index >= 15 is 0 Å². The van der Waals surface area contributed by atoms with E-state index in [2.05, 4.69) is 43.9 Å². The van der Waals surface area contributed by atoms with Gasteiger partial charge in [0.1, 0.15) is 5.75 Å². The van der Waals surface area contributed by atoms with Gasteiger partial charge in [0.2, 0.25) is 0 Å². The average Bonchev–Trinajstić information content (AvgIpc) is 2.56.